The Balaban J connectivity index is 1.80. The predicted molar refractivity (Wildman–Crippen MR) is 89.4 cm³/mol. The van der Waals surface area contributed by atoms with Crippen LogP contribution < -0.4 is 10.1 Å². The number of hydrogen-bond acceptors (Lipinski definition) is 5. The van der Waals surface area contributed by atoms with Gasteiger partial charge in [0.1, 0.15) is 17.9 Å². The third kappa shape index (κ3) is 2.41. The highest BCUT2D eigenvalue weighted by molar-refractivity contribution is 6.09. The summed E-state index contributed by atoms with van der Waals surface area (Å²) in [6, 6.07) is 5.70. The normalized spacial score (nSPS) is 11.2. The fraction of sp³-hybridized carbons (Fsp3) is 0.188. The summed E-state index contributed by atoms with van der Waals surface area (Å²) in [5.41, 5.74) is 2.34. The molecule has 0 fully saturated rings. The van der Waals surface area contributed by atoms with E-state index in [1.165, 1.54) is 0 Å². The van der Waals surface area contributed by atoms with Gasteiger partial charge in [0.05, 0.1) is 37.3 Å². The molecule has 24 heavy (non-hydrogen) atoms. The molecule has 1 aromatic carbocycles. The van der Waals surface area contributed by atoms with E-state index >= 15 is 0 Å². The topological polar surface area (TPSA) is 80.6 Å². The number of pyridine rings is 1. The maximum absolute atomic E-state index is 12.4. The maximum Gasteiger partial charge on any atom is 0.157 e. The summed E-state index contributed by atoms with van der Waals surface area (Å²) in [5.74, 6) is 1.40. The summed E-state index contributed by atoms with van der Waals surface area (Å²) in [4.78, 5) is 4.65. The molecule has 0 aliphatic heterocycles. The lowest BCUT2D eigenvalue weighted by Crippen LogP contribution is -1.99. The summed E-state index contributed by atoms with van der Waals surface area (Å²) in [7, 11) is 1.63. The first-order valence-corrected chi connectivity index (χ1v) is 7.45. The highest BCUT2D eigenvalue weighted by Gasteiger charge is 2.12. The Morgan fingerprint density at radius 1 is 1.29 bits per heavy atom. The molecule has 3 aromatic heterocycles. The van der Waals surface area contributed by atoms with E-state index in [-0.39, 0.29) is 6.54 Å². The molecular formula is C16H15FN6O. The van der Waals surface area contributed by atoms with E-state index in [1.54, 1.807) is 30.4 Å². The number of aromatic nitrogens is 5. The molecule has 0 saturated heterocycles. The van der Waals surface area contributed by atoms with Gasteiger partial charge in [0.2, 0.25) is 0 Å². The highest BCUT2D eigenvalue weighted by atomic mass is 19.1. The fourth-order valence-corrected chi connectivity index (χ4v) is 2.67. The van der Waals surface area contributed by atoms with Crippen molar-refractivity contribution in [2.24, 2.45) is 0 Å². The van der Waals surface area contributed by atoms with Gasteiger partial charge in [0.25, 0.3) is 0 Å². The summed E-state index contributed by atoms with van der Waals surface area (Å²) in [5, 5.41) is 16.3. The molecule has 0 aliphatic rings. The second-order valence-corrected chi connectivity index (χ2v) is 5.31. The van der Waals surface area contributed by atoms with Crippen molar-refractivity contribution < 1.29 is 9.13 Å². The third-order valence-electron chi connectivity index (χ3n) is 3.81. The van der Waals surface area contributed by atoms with Gasteiger partial charge in [0, 0.05) is 17.0 Å². The molecule has 0 spiro atoms. The standard InChI is InChI=1S/C16H15FN6O/c1-24-11-2-3-14-12(6-11)13-8-18-22-15(13)16(21-14)20-10-7-19-23(9-10)5-4-17/h2-3,6-9H,4-5H2,1H3,(H,18,22)(H,20,21). The van der Waals surface area contributed by atoms with Gasteiger partial charge in [-0.05, 0) is 18.2 Å². The van der Waals surface area contributed by atoms with Crippen LogP contribution in [0.2, 0.25) is 0 Å². The van der Waals surface area contributed by atoms with Crippen LogP contribution >= 0.6 is 0 Å². The predicted octanol–water partition coefficient (Wildman–Crippen LogP) is 3.03. The number of ether oxygens (including phenoxy) is 1. The Kier molecular flexibility index (Phi) is 3.49. The molecule has 2 N–H and O–H groups in total. The first-order valence-electron chi connectivity index (χ1n) is 7.45. The number of alkyl halides is 1. The van der Waals surface area contributed by atoms with E-state index in [2.05, 4.69) is 25.6 Å². The Labute approximate surface area is 136 Å². The Bertz CT molecular complexity index is 1010. The number of nitrogens with zero attached hydrogens (tertiary/aromatic N) is 4. The monoisotopic (exact) mass is 326 g/mol. The van der Waals surface area contributed by atoms with E-state index in [0.717, 1.165) is 33.2 Å². The smallest absolute Gasteiger partial charge is 0.157 e. The molecule has 122 valence electrons. The molecule has 0 amide bonds. The van der Waals surface area contributed by atoms with Gasteiger partial charge < -0.3 is 10.1 Å². The van der Waals surface area contributed by atoms with Crippen LogP contribution in [0, 0.1) is 0 Å². The highest BCUT2D eigenvalue weighted by Crippen LogP contribution is 2.31. The molecule has 0 saturated carbocycles. The molecule has 7 nitrogen and oxygen atoms in total. The van der Waals surface area contributed by atoms with Crippen LogP contribution in [0.25, 0.3) is 21.8 Å². The maximum atomic E-state index is 12.4. The molecule has 8 heteroatoms. The Morgan fingerprint density at radius 2 is 2.21 bits per heavy atom. The van der Waals surface area contributed by atoms with Gasteiger partial charge in [-0.25, -0.2) is 9.37 Å². The van der Waals surface area contributed by atoms with Crippen LogP contribution in [0.5, 0.6) is 5.75 Å². The number of nitrogens with one attached hydrogen (secondary N) is 2. The zero-order chi connectivity index (χ0) is 16.5. The minimum atomic E-state index is -0.456. The van der Waals surface area contributed by atoms with Crippen molar-refractivity contribution in [3.8, 4) is 5.75 Å². The van der Waals surface area contributed by atoms with Gasteiger partial charge >= 0.3 is 0 Å². The minimum absolute atomic E-state index is 0.228. The number of benzene rings is 1. The van der Waals surface area contributed by atoms with E-state index in [0.29, 0.717) is 5.82 Å². The zero-order valence-electron chi connectivity index (χ0n) is 13.0. The van der Waals surface area contributed by atoms with Crippen molar-refractivity contribution >= 4 is 33.3 Å². The Hall–Kier alpha value is -3.16. The number of halogens is 1. The lowest BCUT2D eigenvalue weighted by molar-refractivity contribution is 0.415. The van der Waals surface area contributed by atoms with Crippen LogP contribution in [0.4, 0.5) is 15.9 Å². The summed E-state index contributed by atoms with van der Waals surface area (Å²) >= 11 is 0. The van der Waals surface area contributed by atoms with Crippen molar-refractivity contribution in [2.75, 3.05) is 19.1 Å². The summed E-state index contributed by atoms with van der Waals surface area (Å²) in [6.07, 6.45) is 5.13. The van der Waals surface area contributed by atoms with Crippen LogP contribution in [-0.4, -0.2) is 38.7 Å². The summed E-state index contributed by atoms with van der Waals surface area (Å²) < 4.78 is 19.2. The number of hydrogen-bond donors (Lipinski definition) is 2. The van der Waals surface area contributed by atoms with Crippen LogP contribution in [0.15, 0.2) is 36.8 Å². The second-order valence-electron chi connectivity index (χ2n) is 5.31. The van der Waals surface area contributed by atoms with Crippen molar-refractivity contribution in [1.29, 1.82) is 0 Å². The molecule has 0 bridgehead atoms. The van der Waals surface area contributed by atoms with Crippen molar-refractivity contribution in [3.63, 3.8) is 0 Å². The number of anilines is 2. The first kappa shape index (κ1) is 14.4. The molecule has 3 heterocycles. The van der Waals surface area contributed by atoms with Gasteiger partial charge in [-0.15, -0.1) is 0 Å². The molecule has 0 atom stereocenters. The number of H-pyrrole nitrogens is 1. The van der Waals surface area contributed by atoms with E-state index < -0.39 is 6.67 Å². The lowest BCUT2D eigenvalue weighted by atomic mass is 10.1. The number of rotatable bonds is 5. The first-order chi connectivity index (χ1) is 11.8. The second kappa shape index (κ2) is 5.80. The van der Waals surface area contributed by atoms with Crippen LogP contribution in [0.3, 0.4) is 0 Å². The van der Waals surface area contributed by atoms with Crippen LogP contribution in [0.1, 0.15) is 0 Å². The van der Waals surface area contributed by atoms with E-state index in [1.807, 2.05) is 18.2 Å². The molecule has 0 aliphatic carbocycles. The molecule has 0 radical (unpaired) electrons. The summed E-state index contributed by atoms with van der Waals surface area (Å²) in [6.45, 7) is -0.228. The van der Waals surface area contributed by atoms with Crippen molar-refractivity contribution in [1.82, 2.24) is 25.0 Å². The molecule has 4 rings (SSSR count). The number of aryl methyl sites for hydroxylation is 1. The Morgan fingerprint density at radius 3 is 3.04 bits per heavy atom. The largest absolute Gasteiger partial charge is 0.497 e. The minimum Gasteiger partial charge on any atom is -0.497 e. The van der Waals surface area contributed by atoms with Crippen molar-refractivity contribution in [3.05, 3.63) is 36.8 Å². The van der Waals surface area contributed by atoms with Gasteiger partial charge in [0.15, 0.2) is 5.82 Å². The SMILES string of the molecule is COc1ccc2nc(Nc3cnn(CCF)c3)c3[nH]ncc3c2c1. The quantitative estimate of drug-likeness (QED) is 0.589. The average Bonchev–Trinajstić information content (AvgIpc) is 3.25. The van der Waals surface area contributed by atoms with Gasteiger partial charge in [-0.2, -0.15) is 10.2 Å². The molecule has 4 aromatic rings. The van der Waals surface area contributed by atoms with Crippen molar-refractivity contribution in [2.45, 2.75) is 6.54 Å². The van der Waals surface area contributed by atoms with E-state index in [9.17, 15) is 4.39 Å². The van der Waals surface area contributed by atoms with E-state index in [4.69, 9.17) is 4.74 Å². The molecule has 0 unspecified atom stereocenters. The molecular weight excluding hydrogens is 311 g/mol. The number of methoxy groups -OCH3 is 1. The van der Waals surface area contributed by atoms with Gasteiger partial charge in [-0.1, -0.05) is 0 Å². The number of aromatic amines is 1. The number of fused-ring (bicyclic) bond motifs is 3. The third-order valence-corrected chi connectivity index (χ3v) is 3.81. The lowest BCUT2D eigenvalue weighted by Gasteiger charge is -2.08. The average molecular weight is 326 g/mol. The van der Waals surface area contributed by atoms with Gasteiger partial charge in [-0.3, -0.25) is 9.78 Å². The fourth-order valence-electron chi connectivity index (χ4n) is 2.67. The zero-order valence-corrected chi connectivity index (χ0v) is 13.0. The van der Waals surface area contributed by atoms with Crippen LogP contribution in [-0.2, 0) is 6.54 Å².